The van der Waals surface area contributed by atoms with Crippen molar-refractivity contribution in [3.63, 3.8) is 0 Å². The summed E-state index contributed by atoms with van der Waals surface area (Å²) in [5.74, 6) is 0. The lowest BCUT2D eigenvalue weighted by atomic mass is 9.98. The van der Waals surface area contributed by atoms with Crippen LogP contribution in [0.15, 0.2) is 0 Å². The first kappa shape index (κ1) is 10.4. The van der Waals surface area contributed by atoms with Gasteiger partial charge in [0.25, 0.3) is 0 Å². The maximum Gasteiger partial charge on any atom is 0.106 e. The van der Waals surface area contributed by atoms with Crippen LogP contribution in [0.25, 0.3) is 0 Å². The molecule has 0 rings (SSSR count). The first-order valence-corrected chi connectivity index (χ1v) is 4.30. The highest BCUT2D eigenvalue weighted by Crippen LogP contribution is 2.16. The van der Waals surface area contributed by atoms with Crippen LogP contribution in [-0.2, 0) is 0 Å². The molecule has 0 bridgehead atoms. The van der Waals surface area contributed by atoms with Crippen LogP contribution in [0.3, 0.4) is 0 Å². The Balaban J connectivity index is 4.35. The van der Waals surface area contributed by atoms with E-state index in [1.807, 2.05) is 6.92 Å². The molecule has 0 aliphatic carbocycles. The molecule has 0 saturated carbocycles. The van der Waals surface area contributed by atoms with Crippen molar-refractivity contribution in [3.05, 3.63) is 0 Å². The van der Waals surface area contributed by atoms with Crippen molar-refractivity contribution in [2.24, 2.45) is 0 Å². The molecule has 1 unspecified atom stereocenters. The standard InChI is InChI=1S/C9H18N2/c1-5-9(4,8-10)11(6-2)7-3/h5-7H2,1-4H3. The molecule has 2 nitrogen and oxygen atoms in total. The fourth-order valence-electron chi connectivity index (χ4n) is 1.29. The number of hydrogen-bond donors (Lipinski definition) is 0. The van der Waals surface area contributed by atoms with Crippen molar-refractivity contribution in [1.82, 2.24) is 4.90 Å². The quantitative estimate of drug-likeness (QED) is 0.619. The maximum absolute atomic E-state index is 8.93. The molecule has 0 saturated heterocycles. The van der Waals surface area contributed by atoms with Crippen LogP contribution >= 0.6 is 0 Å². The second-order valence-electron chi connectivity index (χ2n) is 2.91. The van der Waals surface area contributed by atoms with E-state index in [4.69, 9.17) is 5.26 Å². The van der Waals surface area contributed by atoms with Crippen LogP contribution in [0.2, 0.25) is 0 Å². The molecule has 0 heterocycles. The van der Waals surface area contributed by atoms with Gasteiger partial charge in [0.05, 0.1) is 6.07 Å². The Morgan fingerprint density at radius 2 is 1.73 bits per heavy atom. The second kappa shape index (κ2) is 4.35. The van der Waals surface area contributed by atoms with Crippen molar-refractivity contribution in [2.45, 2.75) is 39.7 Å². The average Bonchev–Trinajstić information content (AvgIpc) is 2.06. The Bertz CT molecular complexity index is 144. The lowest BCUT2D eigenvalue weighted by molar-refractivity contribution is 0.165. The average molecular weight is 154 g/mol. The van der Waals surface area contributed by atoms with Gasteiger partial charge in [-0.3, -0.25) is 4.90 Å². The van der Waals surface area contributed by atoms with E-state index in [1.54, 1.807) is 0 Å². The van der Waals surface area contributed by atoms with Crippen LogP contribution in [0.4, 0.5) is 0 Å². The van der Waals surface area contributed by atoms with Crippen molar-refractivity contribution in [3.8, 4) is 6.07 Å². The molecule has 64 valence electrons. The summed E-state index contributed by atoms with van der Waals surface area (Å²) in [6, 6.07) is 2.36. The molecule has 0 aromatic carbocycles. The van der Waals surface area contributed by atoms with Gasteiger partial charge < -0.3 is 0 Å². The summed E-state index contributed by atoms with van der Waals surface area (Å²) < 4.78 is 0. The monoisotopic (exact) mass is 154 g/mol. The molecule has 0 aromatic rings. The summed E-state index contributed by atoms with van der Waals surface area (Å²) in [5.41, 5.74) is -0.260. The third-order valence-electron chi connectivity index (χ3n) is 2.39. The van der Waals surface area contributed by atoms with E-state index in [0.29, 0.717) is 0 Å². The Labute approximate surface area is 69.8 Å². The van der Waals surface area contributed by atoms with E-state index in [0.717, 1.165) is 19.5 Å². The number of rotatable bonds is 4. The molecule has 0 fully saturated rings. The van der Waals surface area contributed by atoms with Gasteiger partial charge in [-0.2, -0.15) is 5.26 Å². The van der Waals surface area contributed by atoms with E-state index >= 15 is 0 Å². The smallest absolute Gasteiger partial charge is 0.106 e. The van der Waals surface area contributed by atoms with Crippen molar-refractivity contribution in [2.75, 3.05) is 13.1 Å². The number of nitrogens with zero attached hydrogens (tertiary/aromatic N) is 2. The topological polar surface area (TPSA) is 27.0 Å². The molecule has 1 atom stereocenters. The zero-order chi connectivity index (χ0) is 8.91. The third kappa shape index (κ3) is 2.20. The van der Waals surface area contributed by atoms with E-state index in [9.17, 15) is 0 Å². The Hall–Kier alpha value is -0.550. The lowest BCUT2D eigenvalue weighted by Gasteiger charge is -2.33. The highest BCUT2D eigenvalue weighted by Gasteiger charge is 2.26. The molecule has 0 aliphatic heterocycles. The molecule has 2 heteroatoms. The maximum atomic E-state index is 8.93. The molecule has 0 aromatic heterocycles. The summed E-state index contributed by atoms with van der Waals surface area (Å²) in [4.78, 5) is 2.19. The predicted octanol–water partition coefficient (Wildman–Crippen LogP) is 2.02. The number of nitriles is 1. The van der Waals surface area contributed by atoms with Crippen LogP contribution in [0.1, 0.15) is 34.1 Å². The highest BCUT2D eigenvalue weighted by atomic mass is 15.2. The van der Waals surface area contributed by atoms with Gasteiger partial charge in [0.15, 0.2) is 0 Å². The van der Waals surface area contributed by atoms with Crippen molar-refractivity contribution in [1.29, 1.82) is 5.26 Å². The second-order valence-corrected chi connectivity index (χ2v) is 2.91. The van der Waals surface area contributed by atoms with Crippen LogP contribution in [0.5, 0.6) is 0 Å². The normalized spacial score (nSPS) is 16.0. The van der Waals surface area contributed by atoms with Gasteiger partial charge in [-0.1, -0.05) is 20.8 Å². The van der Waals surface area contributed by atoms with E-state index in [-0.39, 0.29) is 5.54 Å². The molecular weight excluding hydrogens is 136 g/mol. The minimum atomic E-state index is -0.260. The van der Waals surface area contributed by atoms with Crippen LogP contribution in [0, 0.1) is 11.3 Å². The van der Waals surface area contributed by atoms with Gasteiger partial charge in [0.1, 0.15) is 5.54 Å². The summed E-state index contributed by atoms with van der Waals surface area (Å²) >= 11 is 0. The fraction of sp³-hybridized carbons (Fsp3) is 0.889. The van der Waals surface area contributed by atoms with Gasteiger partial charge in [-0.25, -0.2) is 0 Å². The molecule has 11 heavy (non-hydrogen) atoms. The SMILES string of the molecule is CCN(CC)C(C)(C#N)CC. The summed E-state index contributed by atoms with van der Waals surface area (Å²) in [6.45, 7) is 10.1. The first-order chi connectivity index (χ1) is 5.14. The Morgan fingerprint density at radius 3 is 1.82 bits per heavy atom. The lowest BCUT2D eigenvalue weighted by Crippen LogP contribution is -2.44. The van der Waals surface area contributed by atoms with Crippen molar-refractivity contribution >= 4 is 0 Å². The predicted molar refractivity (Wildman–Crippen MR) is 47.2 cm³/mol. The van der Waals surface area contributed by atoms with Gasteiger partial charge in [0.2, 0.25) is 0 Å². The van der Waals surface area contributed by atoms with E-state index < -0.39 is 0 Å². The van der Waals surface area contributed by atoms with Crippen LogP contribution < -0.4 is 0 Å². The number of hydrogen-bond acceptors (Lipinski definition) is 2. The largest absolute Gasteiger partial charge is 0.286 e. The fourth-order valence-corrected chi connectivity index (χ4v) is 1.29. The molecule has 0 radical (unpaired) electrons. The minimum absolute atomic E-state index is 0.260. The Morgan fingerprint density at radius 1 is 1.27 bits per heavy atom. The molecule has 0 aliphatic rings. The molecular formula is C9H18N2. The molecule has 0 N–H and O–H groups in total. The molecule has 0 amide bonds. The third-order valence-corrected chi connectivity index (χ3v) is 2.39. The highest BCUT2D eigenvalue weighted by molar-refractivity contribution is 5.03. The van der Waals surface area contributed by atoms with Gasteiger partial charge in [0, 0.05) is 0 Å². The summed E-state index contributed by atoms with van der Waals surface area (Å²) in [6.07, 6.45) is 0.894. The Kier molecular flexibility index (Phi) is 4.14. The van der Waals surface area contributed by atoms with Crippen LogP contribution in [-0.4, -0.2) is 23.5 Å². The van der Waals surface area contributed by atoms with E-state index in [1.165, 1.54) is 0 Å². The zero-order valence-corrected chi connectivity index (χ0v) is 8.02. The molecule has 0 spiro atoms. The zero-order valence-electron chi connectivity index (χ0n) is 8.02. The van der Waals surface area contributed by atoms with E-state index in [2.05, 4.69) is 31.7 Å². The summed E-state index contributed by atoms with van der Waals surface area (Å²) in [7, 11) is 0. The first-order valence-electron chi connectivity index (χ1n) is 4.30. The van der Waals surface area contributed by atoms with Gasteiger partial charge in [-0.15, -0.1) is 0 Å². The minimum Gasteiger partial charge on any atom is -0.286 e. The van der Waals surface area contributed by atoms with Gasteiger partial charge in [-0.05, 0) is 26.4 Å². The van der Waals surface area contributed by atoms with Crippen molar-refractivity contribution < 1.29 is 0 Å². The summed E-state index contributed by atoms with van der Waals surface area (Å²) in [5, 5.41) is 8.93. The van der Waals surface area contributed by atoms with Gasteiger partial charge >= 0.3 is 0 Å².